The minimum atomic E-state index is -2.04. The van der Waals surface area contributed by atoms with Crippen molar-refractivity contribution in [1.29, 1.82) is 0 Å². The maximum atomic E-state index is 11.9. The van der Waals surface area contributed by atoms with Crippen LogP contribution in [-0.4, -0.2) is 68.9 Å². The third kappa shape index (κ3) is 5.48. The summed E-state index contributed by atoms with van der Waals surface area (Å²) in [7, 11) is -0.654. The van der Waals surface area contributed by atoms with Gasteiger partial charge >= 0.3 is 5.97 Å². The first kappa shape index (κ1) is 22.5. The van der Waals surface area contributed by atoms with E-state index in [4.69, 9.17) is 18.6 Å². The van der Waals surface area contributed by atoms with Crippen molar-refractivity contribution in [3.05, 3.63) is 0 Å². The molecule has 0 amide bonds. The number of rotatable bonds is 6. The van der Waals surface area contributed by atoms with Gasteiger partial charge in [-0.15, -0.1) is 0 Å². The van der Waals surface area contributed by atoms with Crippen molar-refractivity contribution >= 4 is 14.3 Å². The number of carbonyl (C=O) groups is 1. The van der Waals surface area contributed by atoms with Crippen LogP contribution in [0.15, 0.2) is 0 Å². The second-order valence-corrected chi connectivity index (χ2v) is 13.2. The Kier molecular flexibility index (Phi) is 7.62. The van der Waals surface area contributed by atoms with Gasteiger partial charge in [-0.3, -0.25) is 4.79 Å². The molecule has 0 bridgehead atoms. The number of aliphatic hydroxyl groups is 2. The van der Waals surface area contributed by atoms with Crippen LogP contribution >= 0.6 is 0 Å². The summed E-state index contributed by atoms with van der Waals surface area (Å²) in [6.07, 6.45) is -5.35. The van der Waals surface area contributed by atoms with Crippen molar-refractivity contribution in [2.75, 3.05) is 13.7 Å². The SMILES string of the molecule is CO[C@H]1O[C@H](CO[Si](C)(C)C(C)(C)C)[C@@H](O)[C@H](OC(=O)C(C)C)[C@H]1O. The van der Waals surface area contributed by atoms with E-state index in [1.807, 2.05) is 0 Å². The van der Waals surface area contributed by atoms with E-state index < -0.39 is 45.0 Å². The van der Waals surface area contributed by atoms with Gasteiger partial charge in [0.15, 0.2) is 20.7 Å². The molecule has 1 aliphatic heterocycles. The number of methoxy groups -OCH3 is 1. The van der Waals surface area contributed by atoms with Crippen molar-refractivity contribution in [2.24, 2.45) is 5.92 Å². The van der Waals surface area contributed by atoms with E-state index in [2.05, 4.69) is 33.9 Å². The lowest BCUT2D eigenvalue weighted by atomic mass is 9.99. The van der Waals surface area contributed by atoms with Gasteiger partial charge in [-0.25, -0.2) is 0 Å². The quantitative estimate of drug-likeness (QED) is 0.536. The summed E-state index contributed by atoms with van der Waals surface area (Å²) in [6, 6.07) is 0. The van der Waals surface area contributed by atoms with E-state index >= 15 is 0 Å². The zero-order valence-electron chi connectivity index (χ0n) is 16.6. The standard InChI is InChI=1S/C17H34O7Si/c1-10(2)15(20)24-14-12(18)11(23-16(21-6)13(14)19)9-22-25(7,8)17(3,4)5/h10-14,16,18-19H,9H2,1-8H3/t11-,12-,13-,14+,16+/m1/s1. The Labute approximate surface area is 151 Å². The third-order valence-corrected chi connectivity index (χ3v) is 9.51. The van der Waals surface area contributed by atoms with Crippen molar-refractivity contribution in [3.8, 4) is 0 Å². The van der Waals surface area contributed by atoms with E-state index in [1.165, 1.54) is 7.11 Å². The number of esters is 1. The van der Waals surface area contributed by atoms with Crippen LogP contribution in [0, 0.1) is 5.92 Å². The second kappa shape index (κ2) is 8.45. The van der Waals surface area contributed by atoms with Gasteiger partial charge in [0.1, 0.15) is 18.3 Å². The van der Waals surface area contributed by atoms with Crippen LogP contribution in [0.1, 0.15) is 34.6 Å². The monoisotopic (exact) mass is 378 g/mol. The maximum Gasteiger partial charge on any atom is 0.308 e. The predicted molar refractivity (Wildman–Crippen MR) is 95.6 cm³/mol. The Morgan fingerprint density at radius 3 is 2.20 bits per heavy atom. The molecule has 148 valence electrons. The highest BCUT2D eigenvalue weighted by Gasteiger charge is 2.48. The number of hydrogen-bond acceptors (Lipinski definition) is 7. The second-order valence-electron chi connectivity index (χ2n) is 8.39. The van der Waals surface area contributed by atoms with E-state index in [1.54, 1.807) is 13.8 Å². The van der Waals surface area contributed by atoms with Gasteiger partial charge in [-0.05, 0) is 18.1 Å². The molecule has 2 N–H and O–H groups in total. The Morgan fingerprint density at radius 2 is 1.76 bits per heavy atom. The lowest BCUT2D eigenvalue weighted by Gasteiger charge is -2.43. The van der Waals surface area contributed by atoms with E-state index in [0.29, 0.717) is 0 Å². The molecule has 0 aliphatic carbocycles. The average molecular weight is 379 g/mol. The molecule has 5 atom stereocenters. The summed E-state index contributed by atoms with van der Waals surface area (Å²) >= 11 is 0. The van der Waals surface area contributed by atoms with Gasteiger partial charge < -0.3 is 28.8 Å². The molecule has 0 radical (unpaired) electrons. The third-order valence-electron chi connectivity index (χ3n) is 5.01. The average Bonchev–Trinajstić information content (AvgIpc) is 2.49. The highest BCUT2D eigenvalue weighted by Crippen LogP contribution is 2.37. The summed E-state index contributed by atoms with van der Waals surface area (Å²) in [5.41, 5.74) is 0. The molecule has 0 aromatic heterocycles. The van der Waals surface area contributed by atoms with Crippen molar-refractivity contribution in [2.45, 2.75) is 83.5 Å². The first-order valence-electron chi connectivity index (χ1n) is 8.70. The highest BCUT2D eigenvalue weighted by atomic mass is 28.4. The summed E-state index contributed by atoms with van der Waals surface area (Å²) in [5, 5.41) is 20.9. The molecule has 0 aromatic carbocycles. The van der Waals surface area contributed by atoms with E-state index in [-0.39, 0.29) is 17.6 Å². The Morgan fingerprint density at radius 1 is 1.20 bits per heavy atom. The van der Waals surface area contributed by atoms with Crippen LogP contribution in [0.4, 0.5) is 0 Å². The molecule has 1 fully saturated rings. The first-order valence-corrected chi connectivity index (χ1v) is 11.6. The Bertz CT molecular complexity index is 447. The normalized spacial score (nSPS) is 31.2. The van der Waals surface area contributed by atoms with E-state index in [9.17, 15) is 15.0 Å². The topological polar surface area (TPSA) is 94.5 Å². The maximum absolute atomic E-state index is 11.9. The van der Waals surface area contributed by atoms with Crippen LogP contribution in [0.25, 0.3) is 0 Å². The molecule has 0 spiro atoms. The van der Waals surface area contributed by atoms with Crippen LogP contribution < -0.4 is 0 Å². The molecule has 0 saturated carbocycles. The van der Waals surface area contributed by atoms with Gasteiger partial charge in [0, 0.05) is 7.11 Å². The summed E-state index contributed by atoms with van der Waals surface area (Å²) in [4.78, 5) is 11.9. The van der Waals surface area contributed by atoms with Crippen molar-refractivity contribution < 1.29 is 33.6 Å². The fourth-order valence-corrected chi connectivity index (χ4v) is 3.17. The molecule has 0 unspecified atom stereocenters. The molecule has 7 nitrogen and oxygen atoms in total. The Hall–Kier alpha value is -0.513. The molecular weight excluding hydrogens is 344 g/mol. The van der Waals surface area contributed by atoms with Gasteiger partial charge in [0.25, 0.3) is 0 Å². The number of carbonyl (C=O) groups excluding carboxylic acids is 1. The summed E-state index contributed by atoms with van der Waals surface area (Å²) < 4.78 is 22.2. The fourth-order valence-electron chi connectivity index (χ4n) is 2.15. The fraction of sp³-hybridized carbons (Fsp3) is 0.941. The zero-order valence-corrected chi connectivity index (χ0v) is 17.6. The van der Waals surface area contributed by atoms with Crippen molar-refractivity contribution in [1.82, 2.24) is 0 Å². The highest BCUT2D eigenvalue weighted by molar-refractivity contribution is 6.74. The van der Waals surface area contributed by atoms with Crippen LogP contribution in [0.2, 0.25) is 18.1 Å². The lowest BCUT2D eigenvalue weighted by Crippen LogP contribution is -2.61. The first-order chi connectivity index (χ1) is 11.3. The summed E-state index contributed by atoms with van der Waals surface area (Å²) in [5.74, 6) is -0.867. The van der Waals surface area contributed by atoms with Crippen LogP contribution in [0.5, 0.6) is 0 Å². The lowest BCUT2D eigenvalue weighted by molar-refractivity contribution is -0.296. The molecule has 25 heavy (non-hydrogen) atoms. The number of ether oxygens (including phenoxy) is 3. The van der Waals surface area contributed by atoms with Crippen LogP contribution in [0.3, 0.4) is 0 Å². The van der Waals surface area contributed by atoms with Crippen molar-refractivity contribution in [3.63, 3.8) is 0 Å². The Balaban J connectivity index is 2.87. The van der Waals surface area contributed by atoms with Gasteiger partial charge in [-0.1, -0.05) is 34.6 Å². The molecule has 8 heteroatoms. The minimum absolute atomic E-state index is 0.0102. The number of hydrogen-bond donors (Lipinski definition) is 2. The predicted octanol–water partition coefficient (Wildman–Crippen LogP) is 1.67. The van der Waals surface area contributed by atoms with E-state index in [0.717, 1.165) is 0 Å². The number of aliphatic hydroxyl groups excluding tert-OH is 2. The molecule has 0 aromatic rings. The molecular formula is C17H34O7Si. The minimum Gasteiger partial charge on any atom is -0.456 e. The molecule has 1 rings (SSSR count). The molecule has 1 saturated heterocycles. The summed E-state index contributed by atoms with van der Waals surface area (Å²) in [6.45, 7) is 14.1. The van der Waals surface area contributed by atoms with Gasteiger partial charge in [-0.2, -0.15) is 0 Å². The van der Waals surface area contributed by atoms with Crippen LogP contribution in [-0.2, 0) is 23.4 Å². The van der Waals surface area contributed by atoms with Gasteiger partial charge in [0.05, 0.1) is 12.5 Å². The smallest absolute Gasteiger partial charge is 0.308 e. The van der Waals surface area contributed by atoms with Gasteiger partial charge in [0.2, 0.25) is 0 Å². The largest absolute Gasteiger partial charge is 0.456 e. The molecule has 1 heterocycles. The molecule has 1 aliphatic rings. The zero-order chi connectivity index (χ0) is 19.6.